The number of rotatable bonds is 1. The zero-order valence-corrected chi connectivity index (χ0v) is 9.74. The van der Waals surface area contributed by atoms with Crippen LogP contribution in [0.25, 0.3) is 0 Å². The van der Waals surface area contributed by atoms with Gasteiger partial charge in [0.2, 0.25) is 0 Å². The van der Waals surface area contributed by atoms with Crippen molar-refractivity contribution in [2.45, 2.75) is 18.9 Å². The van der Waals surface area contributed by atoms with Crippen molar-refractivity contribution in [1.82, 2.24) is 9.80 Å². The molecule has 1 unspecified atom stereocenters. The zero-order valence-electron chi connectivity index (χ0n) is 9.74. The van der Waals surface area contributed by atoms with Crippen LogP contribution < -0.4 is 5.73 Å². The van der Waals surface area contributed by atoms with Gasteiger partial charge in [0.25, 0.3) is 0 Å². The maximum atomic E-state index is 5.75. The molecule has 0 spiro atoms. The summed E-state index contributed by atoms with van der Waals surface area (Å²) in [6.45, 7) is 6.96. The average molecular weight is 207 g/mol. The predicted molar refractivity (Wildman–Crippen MR) is 63.5 cm³/mol. The van der Waals surface area contributed by atoms with Gasteiger partial charge in [-0.2, -0.15) is 0 Å². The number of hydrogen-bond acceptors (Lipinski definition) is 3. The molecular weight excluding hydrogens is 186 g/mol. The fourth-order valence-electron chi connectivity index (χ4n) is 2.29. The highest BCUT2D eigenvalue weighted by molar-refractivity contribution is 5.26. The highest BCUT2D eigenvalue weighted by Gasteiger charge is 2.31. The Morgan fingerprint density at radius 3 is 2.47 bits per heavy atom. The summed E-state index contributed by atoms with van der Waals surface area (Å²) in [4.78, 5) is 4.95. The third-order valence-corrected chi connectivity index (χ3v) is 3.61. The van der Waals surface area contributed by atoms with E-state index in [1.807, 2.05) is 6.08 Å². The van der Waals surface area contributed by atoms with Crippen molar-refractivity contribution >= 4 is 0 Å². The zero-order chi connectivity index (χ0) is 10.9. The molecule has 1 fully saturated rings. The first-order valence-corrected chi connectivity index (χ1v) is 5.69. The van der Waals surface area contributed by atoms with Crippen LogP contribution >= 0.6 is 0 Å². The number of allylic oxidation sites excluding steroid dienone is 1. The minimum Gasteiger partial charge on any atom is -0.399 e. The van der Waals surface area contributed by atoms with Crippen LogP contribution in [-0.2, 0) is 0 Å². The van der Waals surface area contributed by atoms with Gasteiger partial charge in [-0.1, -0.05) is 12.2 Å². The first-order valence-electron chi connectivity index (χ1n) is 5.69. The summed E-state index contributed by atoms with van der Waals surface area (Å²) in [5.74, 6) is 0. The molecule has 0 bridgehead atoms. The van der Waals surface area contributed by atoms with Crippen molar-refractivity contribution in [3.8, 4) is 0 Å². The Morgan fingerprint density at radius 1 is 1.27 bits per heavy atom. The molecule has 0 aromatic carbocycles. The maximum Gasteiger partial charge on any atom is 0.0403 e. The summed E-state index contributed by atoms with van der Waals surface area (Å²) in [5.41, 5.74) is 6.84. The Labute approximate surface area is 92.2 Å². The van der Waals surface area contributed by atoms with E-state index in [1.54, 1.807) is 0 Å². The van der Waals surface area contributed by atoms with E-state index in [1.165, 1.54) is 13.1 Å². The molecule has 1 heterocycles. The molecule has 0 amide bonds. The van der Waals surface area contributed by atoms with E-state index in [9.17, 15) is 0 Å². The molecule has 3 nitrogen and oxygen atoms in total. The van der Waals surface area contributed by atoms with Gasteiger partial charge in [-0.15, -0.1) is 0 Å². The van der Waals surface area contributed by atoms with Crippen LogP contribution in [0, 0.1) is 0 Å². The number of piperazine rings is 1. The van der Waals surface area contributed by atoms with Gasteiger partial charge in [0.15, 0.2) is 0 Å². The SMILES string of the molecule is CN1CCN(C2(C)C=CC(N)=CC2)CC1. The second-order valence-corrected chi connectivity index (χ2v) is 4.89. The fraction of sp³-hybridized carbons (Fsp3) is 0.667. The molecule has 2 N–H and O–H groups in total. The van der Waals surface area contributed by atoms with Crippen molar-refractivity contribution in [3.05, 3.63) is 23.9 Å². The lowest BCUT2D eigenvalue weighted by molar-refractivity contribution is 0.0800. The smallest absolute Gasteiger partial charge is 0.0403 e. The second kappa shape index (κ2) is 3.99. The number of nitrogens with two attached hydrogens (primary N) is 1. The van der Waals surface area contributed by atoms with Crippen LogP contribution in [-0.4, -0.2) is 48.6 Å². The third-order valence-electron chi connectivity index (χ3n) is 3.61. The van der Waals surface area contributed by atoms with Crippen molar-refractivity contribution in [2.24, 2.45) is 5.73 Å². The number of nitrogens with zero attached hydrogens (tertiary/aromatic N) is 2. The van der Waals surface area contributed by atoms with Crippen LogP contribution in [0.1, 0.15) is 13.3 Å². The Balaban J connectivity index is 2.02. The first-order chi connectivity index (χ1) is 7.10. The lowest BCUT2D eigenvalue weighted by atomic mass is 9.90. The molecule has 1 atom stereocenters. The minimum absolute atomic E-state index is 0.185. The van der Waals surface area contributed by atoms with Gasteiger partial charge in [0, 0.05) is 37.4 Å². The van der Waals surface area contributed by atoms with E-state index < -0.39 is 0 Å². The molecule has 2 rings (SSSR count). The largest absolute Gasteiger partial charge is 0.399 e. The summed E-state index contributed by atoms with van der Waals surface area (Å²) < 4.78 is 0. The molecule has 2 aliphatic rings. The van der Waals surface area contributed by atoms with Crippen molar-refractivity contribution < 1.29 is 0 Å². The molecule has 0 aromatic rings. The first kappa shape index (κ1) is 10.7. The maximum absolute atomic E-state index is 5.75. The summed E-state index contributed by atoms with van der Waals surface area (Å²) in [6, 6.07) is 0. The molecule has 1 aliphatic carbocycles. The van der Waals surface area contributed by atoms with Gasteiger partial charge in [0.1, 0.15) is 0 Å². The quantitative estimate of drug-likeness (QED) is 0.690. The van der Waals surface area contributed by atoms with E-state index >= 15 is 0 Å². The van der Waals surface area contributed by atoms with Gasteiger partial charge in [0.05, 0.1) is 0 Å². The van der Waals surface area contributed by atoms with E-state index in [0.717, 1.165) is 25.2 Å². The van der Waals surface area contributed by atoms with Crippen molar-refractivity contribution in [1.29, 1.82) is 0 Å². The van der Waals surface area contributed by atoms with Gasteiger partial charge < -0.3 is 10.6 Å². The molecule has 0 radical (unpaired) electrons. The number of hydrogen-bond donors (Lipinski definition) is 1. The summed E-state index contributed by atoms with van der Waals surface area (Å²) in [7, 11) is 2.19. The minimum atomic E-state index is 0.185. The highest BCUT2D eigenvalue weighted by Crippen LogP contribution is 2.26. The summed E-state index contributed by atoms with van der Waals surface area (Å²) >= 11 is 0. The van der Waals surface area contributed by atoms with Crippen molar-refractivity contribution in [3.63, 3.8) is 0 Å². The summed E-state index contributed by atoms with van der Waals surface area (Å²) in [5, 5.41) is 0. The molecule has 1 saturated heterocycles. The Bertz CT molecular complexity index is 287. The molecule has 0 saturated carbocycles. The van der Waals surface area contributed by atoms with Crippen LogP contribution in [0.5, 0.6) is 0 Å². The molecular formula is C12H21N3. The van der Waals surface area contributed by atoms with Gasteiger partial charge in [-0.3, -0.25) is 4.90 Å². The predicted octanol–water partition coefficient (Wildman–Crippen LogP) is 0.795. The molecule has 3 heteroatoms. The molecule has 15 heavy (non-hydrogen) atoms. The average Bonchev–Trinajstić information content (AvgIpc) is 2.24. The van der Waals surface area contributed by atoms with E-state index in [0.29, 0.717) is 0 Å². The Kier molecular flexibility index (Phi) is 2.85. The standard InChI is InChI=1S/C12H21N3/c1-12(5-3-11(13)4-6-12)15-9-7-14(2)8-10-15/h3-5H,6-10,13H2,1-2H3. The van der Waals surface area contributed by atoms with Crippen LogP contribution in [0.4, 0.5) is 0 Å². The van der Waals surface area contributed by atoms with Gasteiger partial charge in [-0.25, -0.2) is 0 Å². The summed E-state index contributed by atoms with van der Waals surface area (Å²) in [6.07, 6.45) is 7.48. The van der Waals surface area contributed by atoms with Crippen LogP contribution in [0.2, 0.25) is 0 Å². The topological polar surface area (TPSA) is 32.5 Å². The highest BCUT2D eigenvalue weighted by atomic mass is 15.3. The van der Waals surface area contributed by atoms with Gasteiger partial charge >= 0.3 is 0 Å². The van der Waals surface area contributed by atoms with Crippen LogP contribution in [0.15, 0.2) is 23.9 Å². The molecule has 0 aromatic heterocycles. The second-order valence-electron chi connectivity index (χ2n) is 4.89. The van der Waals surface area contributed by atoms with Gasteiger partial charge in [-0.05, 0) is 26.5 Å². The fourth-order valence-corrected chi connectivity index (χ4v) is 2.29. The third kappa shape index (κ3) is 2.24. The Hall–Kier alpha value is -0.800. The lowest BCUT2D eigenvalue weighted by Gasteiger charge is -2.44. The van der Waals surface area contributed by atoms with E-state index in [4.69, 9.17) is 5.73 Å². The van der Waals surface area contributed by atoms with Crippen molar-refractivity contribution in [2.75, 3.05) is 33.2 Å². The van der Waals surface area contributed by atoms with E-state index in [2.05, 4.69) is 35.9 Å². The monoisotopic (exact) mass is 207 g/mol. The normalized spacial score (nSPS) is 34.1. The Morgan fingerprint density at radius 2 is 1.93 bits per heavy atom. The van der Waals surface area contributed by atoms with Crippen LogP contribution in [0.3, 0.4) is 0 Å². The van der Waals surface area contributed by atoms with E-state index in [-0.39, 0.29) is 5.54 Å². The number of likely N-dealkylation sites (N-methyl/N-ethyl adjacent to an activating group) is 1. The molecule has 84 valence electrons. The lowest BCUT2D eigenvalue weighted by Crippen LogP contribution is -2.54. The molecule has 1 aliphatic heterocycles.